The maximum Gasteiger partial charge on any atom is 0.426 e. The fraction of sp³-hybridized carbons (Fsp3) is 0.429. The van der Waals surface area contributed by atoms with Gasteiger partial charge in [0.05, 0.1) is 11.5 Å². The molecule has 0 aliphatic carbocycles. The summed E-state index contributed by atoms with van der Waals surface area (Å²) >= 11 is 1.47. The molecule has 0 spiro atoms. The normalized spacial score (nSPS) is 12.2. The molecule has 0 saturated carbocycles. The second-order valence-electron chi connectivity index (χ2n) is 4.60. The monoisotopic (exact) mass is 375 g/mol. The summed E-state index contributed by atoms with van der Waals surface area (Å²) in [6.07, 6.45) is 1.29. The van der Waals surface area contributed by atoms with Crippen molar-refractivity contribution in [3.05, 3.63) is 30.3 Å². The van der Waals surface area contributed by atoms with Gasteiger partial charge in [-0.05, 0) is 37.5 Å². The molecule has 0 bridgehead atoms. The SMILES string of the molecule is CCOC(=O)NNC(=O)[C@@H](CCSC)NS(=O)(=O)c1ccccc1. The number of benzene rings is 1. The Kier molecular flexibility index (Phi) is 8.58. The van der Waals surface area contributed by atoms with Crippen molar-refractivity contribution >= 4 is 33.8 Å². The number of ether oxygens (including phenoxy) is 1. The summed E-state index contributed by atoms with van der Waals surface area (Å²) in [6, 6.07) is 6.72. The first-order chi connectivity index (χ1) is 11.4. The molecule has 0 unspecified atom stereocenters. The number of carbonyl (C=O) groups is 2. The number of rotatable bonds is 8. The molecule has 0 fully saturated rings. The van der Waals surface area contributed by atoms with Gasteiger partial charge < -0.3 is 4.74 Å². The number of amides is 2. The molecule has 1 aromatic carbocycles. The van der Waals surface area contributed by atoms with Gasteiger partial charge in [-0.15, -0.1) is 0 Å². The highest BCUT2D eigenvalue weighted by Gasteiger charge is 2.25. The zero-order chi connectivity index (χ0) is 18.0. The van der Waals surface area contributed by atoms with Gasteiger partial charge in [0.25, 0.3) is 5.91 Å². The van der Waals surface area contributed by atoms with Crippen LogP contribution in [0.3, 0.4) is 0 Å². The van der Waals surface area contributed by atoms with Crippen LogP contribution in [-0.2, 0) is 19.6 Å². The predicted molar refractivity (Wildman–Crippen MR) is 91.9 cm³/mol. The number of hydrogen-bond acceptors (Lipinski definition) is 6. The second-order valence-corrected chi connectivity index (χ2v) is 7.30. The summed E-state index contributed by atoms with van der Waals surface area (Å²) < 4.78 is 31.7. The number of sulfonamides is 1. The Morgan fingerprint density at radius 3 is 2.46 bits per heavy atom. The van der Waals surface area contributed by atoms with Crippen molar-refractivity contribution in [2.75, 3.05) is 18.6 Å². The van der Waals surface area contributed by atoms with Gasteiger partial charge in [-0.3, -0.25) is 10.2 Å². The van der Waals surface area contributed by atoms with Crippen LogP contribution in [-0.4, -0.2) is 45.1 Å². The zero-order valence-corrected chi connectivity index (χ0v) is 15.1. The summed E-state index contributed by atoms with van der Waals surface area (Å²) in [6.45, 7) is 1.77. The van der Waals surface area contributed by atoms with E-state index in [9.17, 15) is 18.0 Å². The van der Waals surface area contributed by atoms with Crippen LogP contribution in [0.5, 0.6) is 0 Å². The van der Waals surface area contributed by atoms with Crippen LogP contribution >= 0.6 is 11.8 Å². The highest BCUT2D eigenvalue weighted by Crippen LogP contribution is 2.10. The lowest BCUT2D eigenvalue weighted by molar-refractivity contribution is -0.123. The Morgan fingerprint density at radius 2 is 1.88 bits per heavy atom. The Labute approximate surface area is 145 Å². The topological polar surface area (TPSA) is 114 Å². The standard InChI is InChI=1S/C14H21N3O5S2/c1-3-22-14(19)16-15-13(18)12(9-10-23-2)17-24(20,21)11-7-5-4-6-8-11/h4-8,12,17H,3,9-10H2,1-2H3,(H,15,18)(H,16,19)/t12-/m1/s1. The smallest absolute Gasteiger partial charge is 0.426 e. The van der Waals surface area contributed by atoms with E-state index in [-0.39, 0.29) is 17.9 Å². The Balaban J connectivity index is 2.77. The number of hydrazine groups is 1. The van der Waals surface area contributed by atoms with Crippen LogP contribution in [0.15, 0.2) is 35.2 Å². The molecule has 0 saturated heterocycles. The van der Waals surface area contributed by atoms with E-state index in [1.165, 1.54) is 23.9 Å². The van der Waals surface area contributed by atoms with Gasteiger partial charge in [0.1, 0.15) is 6.04 Å². The third-order valence-corrected chi connectivity index (χ3v) is 4.97. The molecule has 0 aliphatic rings. The summed E-state index contributed by atoms with van der Waals surface area (Å²) in [5.74, 6) is -0.106. The Hall–Kier alpha value is -1.78. The Morgan fingerprint density at radius 1 is 1.21 bits per heavy atom. The van der Waals surface area contributed by atoms with Gasteiger partial charge >= 0.3 is 6.09 Å². The molecule has 0 radical (unpaired) electrons. The molecule has 8 nitrogen and oxygen atoms in total. The summed E-state index contributed by atoms with van der Waals surface area (Å²) in [4.78, 5) is 23.4. The van der Waals surface area contributed by atoms with Gasteiger partial charge in [-0.25, -0.2) is 18.6 Å². The van der Waals surface area contributed by atoms with Crippen molar-refractivity contribution < 1.29 is 22.7 Å². The van der Waals surface area contributed by atoms with Gasteiger partial charge in [-0.2, -0.15) is 16.5 Å². The average Bonchev–Trinajstić information content (AvgIpc) is 2.57. The maximum absolute atomic E-state index is 12.3. The van der Waals surface area contributed by atoms with Crippen molar-refractivity contribution in [3.8, 4) is 0 Å². The predicted octanol–water partition coefficient (Wildman–Crippen LogP) is 0.864. The lowest BCUT2D eigenvalue weighted by Crippen LogP contribution is -2.52. The van der Waals surface area contributed by atoms with Crippen molar-refractivity contribution in [3.63, 3.8) is 0 Å². The molecule has 0 aliphatic heterocycles. The molecule has 1 rings (SSSR count). The molecular formula is C14H21N3O5S2. The lowest BCUT2D eigenvalue weighted by atomic mass is 10.2. The lowest BCUT2D eigenvalue weighted by Gasteiger charge is -2.18. The van der Waals surface area contributed by atoms with E-state index < -0.39 is 28.1 Å². The molecule has 0 aromatic heterocycles. The molecule has 3 N–H and O–H groups in total. The van der Waals surface area contributed by atoms with Crippen LogP contribution in [0.1, 0.15) is 13.3 Å². The van der Waals surface area contributed by atoms with Crippen LogP contribution in [0.25, 0.3) is 0 Å². The van der Waals surface area contributed by atoms with Gasteiger partial charge in [0.2, 0.25) is 10.0 Å². The van der Waals surface area contributed by atoms with E-state index in [2.05, 4.69) is 20.3 Å². The van der Waals surface area contributed by atoms with Crippen LogP contribution < -0.4 is 15.6 Å². The molecule has 24 heavy (non-hydrogen) atoms. The molecule has 2 amide bonds. The minimum atomic E-state index is -3.85. The van der Waals surface area contributed by atoms with Crippen molar-refractivity contribution in [1.29, 1.82) is 0 Å². The minimum Gasteiger partial charge on any atom is -0.449 e. The third kappa shape index (κ3) is 6.77. The maximum atomic E-state index is 12.3. The third-order valence-electron chi connectivity index (χ3n) is 2.84. The first-order valence-corrected chi connectivity index (χ1v) is 10.1. The van der Waals surface area contributed by atoms with E-state index in [1.807, 2.05) is 6.26 Å². The molecule has 134 valence electrons. The van der Waals surface area contributed by atoms with Crippen molar-refractivity contribution in [1.82, 2.24) is 15.6 Å². The van der Waals surface area contributed by atoms with E-state index in [1.54, 1.807) is 25.1 Å². The van der Waals surface area contributed by atoms with Crippen LogP contribution in [0.4, 0.5) is 4.79 Å². The highest BCUT2D eigenvalue weighted by atomic mass is 32.2. The van der Waals surface area contributed by atoms with Crippen LogP contribution in [0.2, 0.25) is 0 Å². The van der Waals surface area contributed by atoms with Gasteiger partial charge in [0.15, 0.2) is 0 Å². The Bertz CT molecular complexity index is 637. The van der Waals surface area contributed by atoms with E-state index >= 15 is 0 Å². The van der Waals surface area contributed by atoms with Crippen LogP contribution in [0, 0.1) is 0 Å². The highest BCUT2D eigenvalue weighted by molar-refractivity contribution is 7.98. The second kappa shape index (κ2) is 10.2. The summed E-state index contributed by atoms with van der Waals surface area (Å²) in [5, 5.41) is 0. The van der Waals surface area contributed by atoms with Gasteiger partial charge in [0, 0.05) is 0 Å². The molecule has 10 heteroatoms. The van der Waals surface area contributed by atoms with E-state index in [4.69, 9.17) is 0 Å². The van der Waals surface area contributed by atoms with E-state index in [0.717, 1.165) is 0 Å². The molecule has 1 aromatic rings. The number of nitrogens with one attached hydrogen (secondary N) is 3. The zero-order valence-electron chi connectivity index (χ0n) is 13.4. The van der Waals surface area contributed by atoms with E-state index in [0.29, 0.717) is 5.75 Å². The van der Waals surface area contributed by atoms with Crippen molar-refractivity contribution in [2.24, 2.45) is 0 Å². The van der Waals surface area contributed by atoms with Gasteiger partial charge in [-0.1, -0.05) is 18.2 Å². The minimum absolute atomic E-state index is 0.0605. The molecule has 0 heterocycles. The average molecular weight is 375 g/mol. The fourth-order valence-electron chi connectivity index (χ4n) is 1.70. The number of hydrogen-bond donors (Lipinski definition) is 3. The quantitative estimate of drug-likeness (QED) is 0.581. The number of carbonyl (C=O) groups excluding carboxylic acids is 2. The molecule has 1 atom stereocenters. The fourth-order valence-corrected chi connectivity index (χ4v) is 3.42. The molecular weight excluding hydrogens is 354 g/mol. The first-order valence-electron chi connectivity index (χ1n) is 7.19. The summed E-state index contributed by atoms with van der Waals surface area (Å²) in [5.41, 5.74) is 4.21. The largest absolute Gasteiger partial charge is 0.449 e. The van der Waals surface area contributed by atoms with Crippen molar-refractivity contribution in [2.45, 2.75) is 24.3 Å². The number of thioether (sulfide) groups is 1. The summed E-state index contributed by atoms with van der Waals surface area (Å²) in [7, 11) is -3.85. The first kappa shape index (κ1) is 20.3.